The number of hydrogen-bond donors (Lipinski definition) is 0. The van der Waals surface area contributed by atoms with Gasteiger partial charge < -0.3 is 23.8 Å². The van der Waals surface area contributed by atoms with Crippen molar-refractivity contribution < 1.29 is 23.7 Å². The summed E-state index contributed by atoms with van der Waals surface area (Å²) in [6.45, 7) is 9.18. The van der Waals surface area contributed by atoms with Gasteiger partial charge >= 0.3 is 6.09 Å². The zero-order valence-corrected chi connectivity index (χ0v) is 23.4. The monoisotopic (exact) mass is 531 g/mol. The quantitative estimate of drug-likeness (QED) is 0.250. The lowest BCUT2D eigenvalue weighted by Gasteiger charge is -2.39. The lowest BCUT2D eigenvalue weighted by atomic mass is 9.87. The minimum Gasteiger partial charge on any atom is -0.494 e. The highest BCUT2D eigenvalue weighted by molar-refractivity contribution is 5.68. The molecule has 2 atom stereocenters. The molecule has 0 aliphatic carbocycles. The number of benzene rings is 3. The fourth-order valence-electron chi connectivity index (χ4n) is 4.66. The van der Waals surface area contributed by atoms with Gasteiger partial charge in [0.1, 0.15) is 11.4 Å². The Morgan fingerprint density at radius 2 is 1.49 bits per heavy atom. The molecule has 3 aromatic carbocycles. The maximum atomic E-state index is 12.8. The lowest BCUT2D eigenvalue weighted by molar-refractivity contribution is -0.0359. The molecule has 1 saturated heterocycles. The van der Waals surface area contributed by atoms with Crippen molar-refractivity contribution in [2.45, 2.75) is 64.4 Å². The number of piperidine rings is 1. The fourth-order valence-corrected chi connectivity index (χ4v) is 4.66. The Bertz CT molecular complexity index is 1130. The average molecular weight is 532 g/mol. The predicted molar refractivity (Wildman–Crippen MR) is 153 cm³/mol. The van der Waals surface area contributed by atoms with Gasteiger partial charge in [-0.3, -0.25) is 0 Å². The van der Waals surface area contributed by atoms with Crippen LogP contribution in [-0.2, 0) is 27.4 Å². The molecule has 0 bridgehead atoms. The number of ether oxygens (including phenoxy) is 4. The molecule has 6 nitrogen and oxygen atoms in total. The minimum absolute atomic E-state index is 0.139. The van der Waals surface area contributed by atoms with Crippen LogP contribution in [-0.4, -0.2) is 49.0 Å². The van der Waals surface area contributed by atoms with Crippen LogP contribution >= 0.6 is 0 Å². The highest BCUT2D eigenvalue weighted by atomic mass is 16.6. The van der Waals surface area contributed by atoms with Gasteiger partial charge in [-0.05, 0) is 56.0 Å². The normalized spacial score (nSPS) is 17.6. The van der Waals surface area contributed by atoms with Crippen LogP contribution in [0.25, 0.3) is 0 Å². The smallest absolute Gasteiger partial charge is 0.410 e. The molecule has 6 heteroatoms. The van der Waals surface area contributed by atoms with Gasteiger partial charge in [0.05, 0.1) is 39.1 Å². The van der Waals surface area contributed by atoms with Gasteiger partial charge in [0.2, 0.25) is 0 Å². The molecule has 0 N–H and O–H groups in total. The Balaban J connectivity index is 1.30. The maximum Gasteiger partial charge on any atom is 0.410 e. The highest BCUT2D eigenvalue weighted by Gasteiger charge is 2.35. The Morgan fingerprint density at radius 3 is 2.13 bits per heavy atom. The molecule has 39 heavy (non-hydrogen) atoms. The average Bonchev–Trinajstić information content (AvgIpc) is 2.94. The van der Waals surface area contributed by atoms with Crippen molar-refractivity contribution in [2.24, 2.45) is 0 Å². The van der Waals surface area contributed by atoms with Gasteiger partial charge in [-0.1, -0.05) is 72.8 Å². The molecule has 1 aliphatic heterocycles. The summed E-state index contributed by atoms with van der Waals surface area (Å²) >= 11 is 0. The van der Waals surface area contributed by atoms with E-state index >= 15 is 0 Å². The van der Waals surface area contributed by atoms with Crippen LogP contribution in [0.2, 0.25) is 0 Å². The van der Waals surface area contributed by atoms with Gasteiger partial charge in [0.25, 0.3) is 0 Å². The van der Waals surface area contributed by atoms with Crippen LogP contribution in [0.15, 0.2) is 84.9 Å². The molecular weight excluding hydrogens is 490 g/mol. The van der Waals surface area contributed by atoms with Gasteiger partial charge in [-0.25, -0.2) is 4.79 Å². The van der Waals surface area contributed by atoms with E-state index in [1.807, 2.05) is 69.3 Å². The second-order valence-corrected chi connectivity index (χ2v) is 11.0. The van der Waals surface area contributed by atoms with Gasteiger partial charge in [-0.2, -0.15) is 0 Å². The second-order valence-electron chi connectivity index (χ2n) is 11.0. The Labute approximate surface area is 232 Å². The number of carbonyl (C=O) groups excluding carboxylic acids is 1. The molecule has 1 fully saturated rings. The summed E-state index contributed by atoms with van der Waals surface area (Å²) in [5.41, 5.74) is 2.95. The molecule has 0 aromatic heterocycles. The minimum atomic E-state index is -0.530. The fraction of sp³-hybridized carbons (Fsp3) is 0.424. The van der Waals surface area contributed by atoms with Crippen LogP contribution < -0.4 is 4.74 Å². The van der Waals surface area contributed by atoms with Crippen molar-refractivity contribution in [2.75, 3.05) is 26.3 Å². The highest BCUT2D eigenvalue weighted by Crippen LogP contribution is 2.33. The molecule has 0 spiro atoms. The van der Waals surface area contributed by atoms with E-state index in [9.17, 15) is 4.79 Å². The number of likely N-dealkylation sites (tertiary alicyclic amines) is 1. The van der Waals surface area contributed by atoms with Crippen molar-refractivity contribution in [1.29, 1.82) is 0 Å². The summed E-state index contributed by atoms with van der Waals surface area (Å²) in [6.07, 6.45) is 1.20. The van der Waals surface area contributed by atoms with E-state index < -0.39 is 5.60 Å². The van der Waals surface area contributed by atoms with E-state index in [-0.39, 0.29) is 18.1 Å². The number of nitrogens with zero attached hydrogens (tertiary/aromatic N) is 1. The first-order valence-corrected chi connectivity index (χ1v) is 13.9. The molecule has 2 unspecified atom stereocenters. The van der Waals surface area contributed by atoms with Gasteiger partial charge in [-0.15, -0.1) is 0 Å². The third-order valence-corrected chi connectivity index (χ3v) is 6.64. The molecular formula is C33H41NO5. The summed E-state index contributed by atoms with van der Waals surface area (Å²) < 4.78 is 23.7. The number of hydrogen-bond acceptors (Lipinski definition) is 5. The van der Waals surface area contributed by atoms with E-state index in [4.69, 9.17) is 18.9 Å². The first-order valence-electron chi connectivity index (χ1n) is 13.9. The number of rotatable bonds is 11. The van der Waals surface area contributed by atoms with Crippen molar-refractivity contribution in [1.82, 2.24) is 4.90 Å². The third kappa shape index (κ3) is 9.41. The van der Waals surface area contributed by atoms with Crippen molar-refractivity contribution >= 4 is 6.09 Å². The SMILES string of the molecule is CC(C)(C)OC(=O)N1CCC(c2ccc(OCCCOCc3ccccc3)cc2)C(OCc2ccccc2)C1. The molecule has 3 aromatic rings. The summed E-state index contributed by atoms with van der Waals surface area (Å²) in [5.74, 6) is 1.02. The number of amides is 1. The molecule has 208 valence electrons. The van der Waals surface area contributed by atoms with Crippen LogP contribution in [0.4, 0.5) is 4.79 Å². The van der Waals surface area contributed by atoms with Gasteiger partial charge in [0.15, 0.2) is 0 Å². The topological polar surface area (TPSA) is 57.2 Å². The van der Waals surface area contributed by atoms with E-state index in [0.29, 0.717) is 39.5 Å². The molecule has 1 aliphatic rings. The summed E-state index contributed by atoms with van der Waals surface area (Å²) in [7, 11) is 0. The standard InChI is InChI=1S/C33H41NO5/c1-33(2,3)39-32(35)34-20-19-30(31(23-34)38-25-27-13-8-5-9-14-27)28-15-17-29(18-16-28)37-22-10-21-36-24-26-11-6-4-7-12-26/h4-9,11-18,30-31H,10,19-25H2,1-3H3. The zero-order valence-electron chi connectivity index (χ0n) is 23.4. The zero-order chi connectivity index (χ0) is 27.5. The third-order valence-electron chi connectivity index (χ3n) is 6.64. The van der Waals surface area contributed by atoms with Crippen LogP contribution in [0.1, 0.15) is 56.2 Å². The van der Waals surface area contributed by atoms with Crippen molar-refractivity contribution in [3.05, 3.63) is 102 Å². The van der Waals surface area contributed by atoms with E-state index in [2.05, 4.69) is 36.4 Å². The predicted octanol–water partition coefficient (Wildman–Crippen LogP) is 6.98. The van der Waals surface area contributed by atoms with E-state index in [1.165, 1.54) is 11.1 Å². The van der Waals surface area contributed by atoms with Gasteiger partial charge in [0, 0.05) is 18.9 Å². The van der Waals surface area contributed by atoms with Crippen molar-refractivity contribution in [3.8, 4) is 5.75 Å². The Hall–Kier alpha value is -3.35. The Morgan fingerprint density at radius 1 is 0.846 bits per heavy atom. The number of carbonyl (C=O) groups is 1. The largest absolute Gasteiger partial charge is 0.494 e. The summed E-state index contributed by atoms with van der Waals surface area (Å²) in [6, 6.07) is 28.6. The maximum absolute atomic E-state index is 12.8. The van der Waals surface area contributed by atoms with Crippen LogP contribution in [0.5, 0.6) is 5.75 Å². The second kappa shape index (κ2) is 14.2. The van der Waals surface area contributed by atoms with Crippen molar-refractivity contribution in [3.63, 3.8) is 0 Å². The molecule has 0 radical (unpaired) electrons. The van der Waals surface area contributed by atoms with E-state index in [1.54, 1.807) is 4.90 Å². The molecule has 0 saturated carbocycles. The summed E-state index contributed by atoms with van der Waals surface area (Å²) in [5, 5.41) is 0. The molecule has 1 heterocycles. The first kappa shape index (κ1) is 28.7. The summed E-state index contributed by atoms with van der Waals surface area (Å²) in [4.78, 5) is 14.6. The first-order chi connectivity index (χ1) is 18.9. The molecule has 4 rings (SSSR count). The lowest BCUT2D eigenvalue weighted by Crippen LogP contribution is -2.48. The van der Waals surface area contributed by atoms with Crippen LogP contribution in [0, 0.1) is 0 Å². The Kier molecular flexibility index (Phi) is 10.4. The van der Waals surface area contributed by atoms with E-state index in [0.717, 1.165) is 24.2 Å². The molecule has 1 amide bonds. The van der Waals surface area contributed by atoms with Crippen LogP contribution in [0.3, 0.4) is 0 Å².